The summed E-state index contributed by atoms with van der Waals surface area (Å²) in [5.74, 6) is 0. The Morgan fingerprint density at radius 3 is 2.69 bits per heavy atom. The minimum absolute atomic E-state index is 0.0476. The Kier molecular flexibility index (Phi) is 5.81. The van der Waals surface area contributed by atoms with Gasteiger partial charge in [0.1, 0.15) is 6.23 Å². The number of hydrogen-bond donors (Lipinski definition) is 1. The Morgan fingerprint density at radius 2 is 2.12 bits per heavy atom. The van der Waals surface area contributed by atoms with E-state index in [1.807, 2.05) is 0 Å². The molecule has 1 N–H and O–H groups in total. The van der Waals surface area contributed by atoms with Gasteiger partial charge in [-0.15, -0.1) is 0 Å². The zero-order valence-electron chi connectivity index (χ0n) is 16.1. The molecule has 3 atom stereocenters. The van der Waals surface area contributed by atoms with Gasteiger partial charge in [0.15, 0.2) is 8.32 Å². The van der Waals surface area contributed by atoms with Crippen LogP contribution in [0, 0.1) is 6.92 Å². The van der Waals surface area contributed by atoms with Crippen LogP contribution >= 0.6 is 0 Å². The average molecular weight is 382 g/mol. The second-order valence-electron chi connectivity index (χ2n) is 8.19. The van der Waals surface area contributed by atoms with Crippen molar-refractivity contribution in [3.63, 3.8) is 0 Å². The molecule has 1 aromatic heterocycles. The van der Waals surface area contributed by atoms with E-state index >= 15 is 0 Å². The number of hydrogen-bond acceptors (Lipinski definition) is 5. The first-order valence-corrected chi connectivity index (χ1v) is 11.5. The Balaban J connectivity index is 2.21. The lowest BCUT2D eigenvalue weighted by atomic mass is 10.1. The summed E-state index contributed by atoms with van der Waals surface area (Å²) in [5, 5.41) is 3.86. The smallest absolute Gasteiger partial charge is 0.330 e. The zero-order valence-corrected chi connectivity index (χ0v) is 17.1. The maximum absolute atomic E-state index is 12.1. The van der Waals surface area contributed by atoms with Crippen molar-refractivity contribution in [1.82, 2.24) is 9.55 Å². The van der Waals surface area contributed by atoms with Gasteiger partial charge in [0.25, 0.3) is 5.56 Å². The van der Waals surface area contributed by atoms with Crippen molar-refractivity contribution < 1.29 is 9.16 Å². The summed E-state index contributed by atoms with van der Waals surface area (Å²) in [7, 11) is -1.98. The van der Waals surface area contributed by atoms with Crippen LogP contribution in [-0.2, 0) is 9.16 Å². The van der Waals surface area contributed by atoms with Gasteiger partial charge in [-0.2, -0.15) is 0 Å². The molecular formula is C16H27N5O4Si. The van der Waals surface area contributed by atoms with E-state index in [4.69, 9.17) is 14.7 Å². The van der Waals surface area contributed by atoms with Crippen molar-refractivity contribution in [3.05, 3.63) is 43.0 Å². The van der Waals surface area contributed by atoms with Crippen LogP contribution in [0.4, 0.5) is 0 Å². The Bertz CT molecular complexity index is 819. The van der Waals surface area contributed by atoms with Gasteiger partial charge in [0, 0.05) is 23.1 Å². The average Bonchev–Trinajstić information content (AvgIpc) is 2.91. The number of azide groups is 1. The number of nitrogens with zero attached hydrogens (tertiary/aromatic N) is 4. The molecule has 1 aliphatic heterocycles. The molecule has 0 aromatic carbocycles. The molecule has 0 aliphatic carbocycles. The summed E-state index contributed by atoms with van der Waals surface area (Å²) in [5.41, 5.74) is 8.29. The molecule has 0 amide bonds. The third-order valence-electron chi connectivity index (χ3n) is 5.27. The minimum atomic E-state index is -1.98. The van der Waals surface area contributed by atoms with E-state index in [0.29, 0.717) is 18.6 Å². The summed E-state index contributed by atoms with van der Waals surface area (Å²) in [6, 6.07) is -0.436. The first-order valence-electron chi connectivity index (χ1n) is 8.62. The molecule has 9 nitrogen and oxygen atoms in total. The molecule has 0 bridgehead atoms. The van der Waals surface area contributed by atoms with Gasteiger partial charge in [0.05, 0.1) is 18.8 Å². The molecule has 1 fully saturated rings. The fraction of sp³-hybridized carbons (Fsp3) is 0.750. The highest BCUT2D eigenvalue weighted by atomic mass is 28.4. The molecule has 1 saturated heterocycles. The standard InChI is InChI=1S/C16H27N5O4Si/c1-10-8-21(15(23)18-14(10)22)13-7-11(19-20-17)12(25-13)9-24-26(5,6)16(2,3)4/h8,11-13H,7,9H2,1-6H3,(H,18,22,23)/t11-,12+,13+/m0/s1. The number of rotatable bonds is 5. The number of aryl methyl sites for hydroxylation is 1. The van der Waals surface area contributed by atoms with Gasteiger partial charge in [-0.3, -0.25) is 14.3 Å². The normalized spacial score (nSPS) is 23.7. The highest BCUT2D eigenvalue weighted by Crippen LogP contribution is 2.38. The zero-order chi connectivity index (χ0) is 19.7. The molecular weight excluding hydrogens is 354 g/mol. The maximum atomic E-state index is 12.1. The van der Waals surface area contributed by atoms with Crippen molar-refractivity contribution in [1.29, 1.82) is 0 Å². The van der Waals surface area contributed by atoms with Crippen LogP contribution in [0.25, 0.3) is 10.4 Å². The Morgan fingerprint density at radius 1 is 1.46 bits per heavy atom. The topological polar surface area (TPSA) is 122 Å². The van der Waals surface area contributed by atoms with Crippen LogP contribution in [0.1, 0.15) is 39.0 Å². The lowest BCUT2D eigenvalue weighted by molar-refractivity contribution is -0.0246. The second kappa shape index (κ2) is 7.40. The monoisotopic (exact) mass is 381 g/mol. The number of aromatic nitrogens is 2. The molecule has 2 heterocycles. The molecule has 26 heavy (non-hydrogen) atoms. The van der Waals surface area contributed by atoms with E-state index in [9.17, 15) is 9.59 Å². The number of nitrogens with one attached hydrogen (secondary N) is 1. The highest BCUT2D eigenvalue weighted by Gasteiger charge is 2.41. The molecule has 0 saturated carbocycles. The first kappa shape index (κ1) is 20.4. The molecule has 2 rings (SSSR count). The molecule has 0 spiro atoms. The fourth-order valence-electron chi connectivity index (χ4n) is 2.53. The third-order valence-corrected chi connectivity index (χ3v) is 9.78. The summed E-state index contributed by atoms with van der Waals surface area (Å²) in [6.45, 7) is 12.6. The molecule has 10 heteroatoms. The molecule has 0 unspecified atom stereocenters. The second-order valence-corrected chi connectivity index (χ2v) is 13.0. The van der Waals surface area contributed by atoms with Crippen LogP contribution in [0.3, 0.4) is 0 Å². The summed E-state index contributed by atoms with van der Waals surface area (Å²) in [6.07, 6.45) is 0.766. The van der Waals surface area contributed by atoms with Gasteiger partial charge < -0.3 is 9.16 Å². The van der Waals surface area contributed by atoms with Crippen LogP contribution in [0.2, 0.25) is 18.1 Å². The maximum Gasteiger partial charge on any atom is 0.330 e. The van der Waals surface area contributed by atoms with E-state index in [-0.39, 0.29) is 5.04 Å². The summed E-state index contributed by atoms with van der Waals surface area (Å²) < 4.78 is 13.5. The fourth-order valence-corrected chi connectivity index (χ4v) is 3.54. The molecule has 1 aromatic rings. The van der Waals surface area contributed by atoms with Gasteiger partial charge in [-0.25, -0.2) is 4.79 Å². The van der Waals surface area contributed by atoms with Crippen LogP contribution in [-0.4, -0.2) is 36.6 Å². The lowest BCUT2D eigenvalue weighted by Gasteiger charge is -2.37. The van der Waals surface area contributed by atoms with Crippen molar-refractivity contribution in [2.45, 2.75) is 70.6 Å². The van der Waals surface area contributed by atoms with E-state index in [1.54, 1.807) is 6.92 Å². The van der Waals surface area contributed by atoms with Crippen LogP contribution in [0.15, 0.2) is 20.9 Å². The Hall–Kier alpha value is -1.87. The van der Waals surface area contributed by atoms with E-state index < -0.39 is 37.9 Å². The molecule has 1 aliphatic rings. The SMILES string of the molecule is Cc1cn([C@H]2C[C@H](N=[N+]=[N-])[C@@H](CO[Si](C)(C)C(C)(C)C)O2)c(=O)[nH]c1=O. The van der Waals surface area contributed by atoms with Crippen molar-refractivity contribution in [2.24, 2.45) is 5.11 Å². The predicted octanol–water partition coefficient (Wildman–Crippen LogP) is 2.83. The molecule has 0 radical (unpaired) electrons. The van der Waals surface area contributed by atoms with Crippen LogP contribution in [0.5, 0.6) is 0 Å². The molecule has 144 valence electrons. The quantitative estimate of drug-likeness (QED) is 0.364. The lowest BCUT2D eigenvalue weighted by Crippen LogP contribution is -2.43. The van der Waals surface area contributed by atoms with Gasteiger partial charge in [-0.05, 0) is 30.6 Å². The predicted molar refractivity (Wildman–Crippen MR) is 101 cm³/mol. The van der Waals surface area contributed by atoms with E-state index in [1.165, 1.54) is 10.8 Å². The van der Waals surface area contributed by atoms with Gasteiger partial charge >= 0.3 is 5.69 Å². The number of ether oxygens (including phenoxy) is 1. The first-order chi connectivity index (χ1) is 12.0. The number of aromatic amines is 1. The minimum Gasteiger partial charge on any atom is -0.414 e. The largest absolute Gasteiger partial charge is 0.414 e. The van der Waals surface area contributed by atoms with Crippen molar-refractivity contribution in [3.8, 4) is 0 Å². The van der Waals surface area contributed by atoms with E-state index in [0.717, 1.165) is 0 Å². The van der Waals surface area contributed by atoms with Crippen LogP contribution < -0.4 is 11.2 Å². The summed E-state index contributed by atoms with van der Waals surface area (Å²) >= 11 is 0. The van der Waals surface area contributed by atoms with E-state index in [2.05, 4.69) is 48.9 Å². The van der Waals surface area contributed by atoms with Crippen molar-refractivity contribution in [2.75, 3.05) is 6.61 Å². The Labute approximate surface area is 153 Å². The van der Waals surface area contributed by atoms with Gasteiger partial charge in [0.2, 0.25) is 0 Å². The summed E-state index contributed by atoms with van der Waals surface area (Å²) in [4.78, 5) is 28.8. The highest BCUT2D eigenvalue weighted by molar-refractivity contribution is 6.74. The number of H-pyrrole nitrogens is 1. The van der Waals surface area contributed by atoms with Gasteiger partial charge in [-0.1, -0.05) is 25.9 Å². The third kappa shape index (κ3) is 4.26. The van der Waals surface area contributed by atoms with Crippen molar-refractivity contribution >= 4 is 8.32 Å².